The van der Waals surface area contributed by atoms with Crippen LogP contribution < -0.4 is 16.2 Å². The van der Waals surface area contributed by atoms with Gasteiger partial charge in [0.05, 0.1) is 11.2 Å². The summed E-state index contributed by atoms with van der Waals surface area (Å²) in [6.45, 7) is 0. The second-order valence-electron chi connectivity index (χ2n) is 4.54. The van der Waals surface area contributed by atoms with Crippen molar-refractivity contribution in [3.8, 4) is 11.5 Å². The lowest BCUT2D eigenvalue weighted by Gasteiger charge is -2.10. The minimum atomic E-state index is -0.474. The van der Waals surface area contributed by atoms with Crippen LogP contribution >= 0.6 is 0 Å². The molecule has 0 spiro atoms. The third kappa shape index (κ3) is 2.49. The van der Waals surface area contributed by atoms with Crippen LogP contribution in [-0.4, -0.2) is 10.9 Å². The monoisotopic (exact) mass is 279 g/mol. The predicted octanol–water partition coefficient (Wildman–Crippen LogP) is 2.71. The first-order valence-corrected chi connectivity index (χ1v) is 6.36. The average Bonchev–Trinajstić information content (AvgIpc) is 2.51. The standard InChI is InChI=1S/C16H13N3O2/c17-15-12-2-1-9-19-13(12)7-8-14(15)21-11-5-3-10(4-6-11)16(18)20/h1-9H,17H2,(H2,18,20). The quantitative estimate of drug-likeness (QED) is 0.721. The predicted molar refractivity (Wildman–Crippen MR) is 81.2 cm³/mol. The van der Waals surface area contributed by atoms with Crippen LogP contribution in [0.25, 0.3) is 10.9 Å². The Hall–Kier alpha value is -3.08. The molecule has 0 aliphatic heterocycles. The van der Waals surface area contributed by atoms with E-state index in [1.807, 2.05) is 18.2 Å². The van der Waals surface area contributed by atoms with Gasteiger partial charge in [0.15, 0.2) is 5.75 Å². The maximum atomic E-state index is 11.0. The summed E-state index contributed by atoms with van der Waals surface area (Å²) < 4.78 is 5.75. The number of ether oxygens (including phenoxy) is 1. The number of fused-ring (bicyclic) bond motifs is 1. The normalized spacial score (nSPS) is 10.5. The van der Waals surface area contributed by atoms with Gasteiger partial charge in [-0.3, -0.25) is 9.78 Å². The zero-order valence-corrected chi connectivity index (χ0v) is 11.1. The van der Waals surface area contributed by atoms with Crippen molar-refractivity contribution in [2.45, 2.75) is 0 Å². The number of nitrogens with two attached hydrogens (primary N) is 2. The summed E-state index contributed by atoms with van der Waals surface area (Å²) in [6, 6.07) is 13.9. The third-order valence-corrected chi connectivity index (χ3v) is 3.15. The van der Waals surface area contributed by atoms with Crippen LogP contribution in [0.1, 0.15) is 10.4 Å². The van der Waals surface area contributed by atoms with E-state index in [0.717, 1.165) is 10.9 Å². The van der Waals surface area contributed by atoms with Crippen LogP contribution in [0.5, 0.6) is 11.5 Å². The highest BCUT2D eigenvalue weighted by atomic mass is 16.5. The van der Waals surface area contributed by atoms with Gasteiger partial charge in [0.1, 0.15) is 5.75 Å². The van der Waals surface area contributed by atoms with Crippen molar-refractivity contribution in [2.24, 2.45) is 5.73 Å². The molecule has 0 radical (unpaired) electrons. The Morgan fingerprint density at radius 2 is 1.81 bits per heavy atom. The van der Waals surface area contributed by atoms with Crippen molar-refractivity contribution in [2.75, 3.05) is 5.73 Å². The summed E-state index contributed by atoms with van der Waals surface area (Å²) in [5.74, 6) is 0.648. The second-order valence-corrected chi connectivity index (χ2v) is 4.54. The summed E-state index contributed by atoms with van der Waals surface area (Å²) in [5.41, 5.74) is 13.1. The molecule has 0 saturated heterocycles. The lowest BCUT2D eigenvalue weighted by atomic mass is 10.1. The number of carbonyl (C=O) groups is 1. The van der Waals surface area contributed by atoms with Crippen molar-refractivity contribution in [3.05, 3.63) is 60.3 Å². The van der Waals surface area contributed by atoms with Gasteiger partial charge in [-0.2, -0.15) is 0 Å². The molecule has 3 rings (SSSR count). The number of carbonyl (C=O) groups excluding carboxylic acids is 1. The molecule has 21 heavy (non-hydrogen) atoms. The van der Waals surface area contributed by atoms with Crippen molar-refractivity contribution >= 4 is 22.5 Å². The summed E-state index contributed by atoms with van der Waals surface area (Å²) in [4.78, 5) is 15.3. The first-order valence-electron chi connectivity index (χ1n) is 6.36. The lowest BCUT2D eigenvalue weighted by molar-refractivity contribution is 0.100. The second kappa shape index (κ2) is 5.13. The van der Waals surface area contributed by atoms with Gasteiger partial charge in [0.25, 0.3) is 0 Å². The van der Waals surface area contributed by atoms with E-state index in [4.69, 9.17) is 16.2 Å². The molecule has 5 nitrogen and oxygen atoms in total. The molecule has 104 valence electrons. The molecule has 0 saturated carbocycles. The SMILES string of the molecule is NC(=O)c1ccc(Oc2ccc3ncccc3c2N)cc1. The minimum Gasteiger partial charge on any atom is -0.455 e. The van der Waals surface area contributed by atoms with Gasteiger partial charge in [-0.25, -0.2) is 0 Å². The molecular weight excluding hydrogens is 266 g/mol. The first-order chi connectivity index (χ1) is 10.1. The molecule has 1 aromatic heterocycles. The van der Waals surface area contributed by atoms with Gasteiger partial charge in [-0.15, -0.1) is 0 Å². The van der Waals surface area contributed by atoms with E-state index in [9.17, 15) is 4.79 Å². The number of benzene rings is 2. The molecule has 5 heteroatoms. The Bertz CT molecular complexity index is 813. The third-order valence-electron chi connectivity index (χ3n) is 3.15. The van der Waals surface area contributed by atoms with Crippen LogP contribution in [0.2, 0.25) is 0 Å². The zero-order chi connectivity index (χ0) is 14.8. The van der Waals surface area contributed by atoms with Crippen LogP contribution in [-0.2, 0) is 0 Å². The number of rotatable bonds is 3. The Morgan fingerprint density at radius 1 is 1.05 bits per heavy atom. The number of aromatic nitrogens is 1. The van der Waals surface area contributed by atoms with Gasteiger partial charge in [0, 0.05) is 17.1 Å². The number of nitrogen functional groups attached to an aromatic ring is 1. The van der Waals surface area contributed by atoms with Crippen LogP contribution in [0.4, 0.5) is 5.69 Å². The lowest BCUT2D eigenvalue weighted by Crippen LogP contribution is -2.10. The average molecular weight is 279 g/mol. The highest BCUT2D eigenvalue weighted by molar-refractivity contribution is 5.94. The van der Waals surface area contributed by atoms with E-state index >= 15 is 0 Å². The van der Waals surface area contributed by atoms with Gasteiger partial charge in [0.2, 0.25) is 5.91 Å². The molecule has 4 N–H and O–H groups in total. The number of nitrogens with zero attached hydrogens (tertiary/aromatic N) is 1. The van der Waals surface area contributed by atoms with Crippen LogP contribution in [0, 0.1) is 0 Å². The number of primary amides is 1. The van der Waals surface area contributed by atoms with Crippen molar-refractivity contribution in [3.63, 3.8) is 0 Å². The van der Waals surface area contributed by atoms with E-state index in [1.54, 1.807) is 36.5 Å². The summed E-state index contributed by atoms with van der Waals surface area (Å²) in [7, 11) is 0. The maximum absolute atomic E-state index is 11.0. The number of pyridine rings is 1. The molecule has 3 aromatic rings. The van der Waals surface area contributed by atoms with Crippen LogP contribution in [0.3, 0.4) is 0 Å². The topological polar surface area (TPSA) is 91.2 Å². The Kier molecular flexibility index (Phi) is 3.16. The molecule has 1 heterocycles. The van der Waals surface area contributed by atoms with Gasteiger partial charge in [-0.05, 0) is 48.5 Å². The summed E-state index contributed by atoms with van der Waals surface area (Å²) >= 11 is 0. The van der Waals surface area contributed by atoms with E-state index in [-0.39, 0.29) is 0 Å². The molecule has 0 fully saturated rings. The van der Waals surface area contributed by atoms with Crippen LogP contribution in [0.15, 0.2) is 54.7 Å². The van der Waals surface area contributed by atoms with E-state index in [0.29, 0.717) is 22.7 Å². The van der Waals surface area contributed by atoms with E-state index in [1.165, 1.54) is 0 Å². The smallest absolute Gasteiger partial charge is 0.248 e. The van der Waals surface area contributed by atoms with Crippen molar-refractivity contribution in [1.29, 1.82) is 0 Å². The van der Waals surface area contributed by atoms with Gasteiger partial charge < -0.3 is 16.2 Å². The first kappa shape index (κ1) is 12.9. The summed E-state index contributed by atoms with van der Waals surface area (Å²) in [6.07, 6.45) is 1.71. The Labute approximate surface area is 121 Å². The van der Waals surface area contributed by atoms with E-state index < -0.39 is 5.91 Å². The highest BCUT2D eigenvalue weighted by Gasteiger charge is 2.07. The van der Waals surface area contributed by atoms with Gasteiger partial charge in [-0.1, -0.05) is 0 Å². The molecular formula is C16H13N3O2. The fourth-order valence-corrected chi connectivity index (χ4v) is 2.06. The molecule has 0 atom stereocenters. The highest BCUT2D eigenvalue weighted by Crippen LogP contribution is 2.32. The number of hydrogen-bond acceptors (Lipinski definition) is 4. The van der Waals surface area contributed by atoms with Crippen molar-refractivity contribution in [1.82, 2.24) is 4.98 Å². The fourth-order valence-electron chi connectivity index (χ4n) is 2.06. The summed E-state index contributed by atoms with van der Waals surface area (Å²) in [5, 5.41) is 0.837. The molecule has 0 unspecified atom stereocenters. The Balaban J connectivity index is 1.94. The minimum absolute atomic E-state index is 0.429. The largest absolute Gasteiger partial charge is 0.455 e. The number of hydrogen-bond donors (Lipinski definition) is 2. The maximum Gasteiger partial charge on any atom is 0.248 e. The fraction of sp³-hybridized carbons (Fsp3) is 0. The molecule has 2 aromatic carbocycles. The Morgan fingerprint density at radius 3 is 2.52 bits per heavy atom. The molecule has 0 bridgehead atoms. The van der Waals surface area contributed by atoms with Gasteiger partial charge >= 0.3 is 0 Å². The van der Waals surface area contributed by atoms with E-state index in [2.05, 4.69) is 4.98 Å². The molecule has 0 aliphatic rings. The zero-order valence-electron chi connectivity index (χ0n) is 11.1. The van der Waals surface area contributed by atoms with Crippen molar-refractivity contribution < 1.29 is 9.53 Å². The molecule has 0 aliphatic carbocycles. The molecule has 1 amide bonds. The number of anilines is 1. The number of amides is 1.